The molecule has 0 atom stereocenters. The first kappa shape index (κ1) is 23.6. The molecule has 7 rings (SSSR count). The van der Waals surface area contributed by atoms with Crippen LogP contribution in [0, 0.1) is 6.07 Å². The zero-order valence-electron chi connectivity index (χ0n) is 20.9. The van der Waals surface area contributed by atoms with Crippen LogP contribution in [0.5, 0.6) is 0 Å². The van der Waals surface area contributed by atoms with Crippen molar-refractivity contribution in [3.63, 3.8) is 0 Å². The monoisotopic (exact) mass is 676 g/mol. The van der Waals surface area contributed by atoms with E-state index < -0.39 is 16.1 Å². The molecule has 0 spiro atoms. The molecule has 4 aromatic carbocycles. The number of para-hydroxylation sites is 3. The first-order valence-corrected chi connectivity index (χ1v) is 18.3. The predicted octanol–water partition coefficient (Wildman–Crippen LogP) is 5.44. The van der Waals surface area contributed by atoms with Crippen LogP contribution in [-0.4, -0.2) is 21.1 Å². The van der Waals surface area contributed by atoms with Crippen LogP contribution in [0.15, 0.2) is 91.0 Å². The van der Waals surface area contributed by atoms with Gasteiger partial charge in [0.15, 0.2) is 0 Å². The van der Waals surface area contributed by atoms with Crippen molar-refractivity contribution in [2.24, 2.45) is 0 Å². The Kier molecular flexibility index (Phi) is 5.29. The molecule has 179 valence electrons. The molecule has 2 aliphatic rings. The molecule has 0 unspecified atom stereocenters. The molecule has 1 aromatic heterocycles. The molecule has 3 heterocycles. The van der Waals surface area contributed by atoms with Crippen molar-refractivity contribution in [1.82, 2.24) is 4.98 Å². The van der Waals surface area contributed by atoms with Gasteiger partial charge in [0.05, 0.1) is 21.7 Å². The maximum absolute atomic E-state index is 5.08. The van der Waals surface area contributed by atoms with Gasteiger partial charge in [0.2, 0.25) is 0 Å². The third-order valence-corrected chi connectivity index (χ3v) is 15.0. The molecular weight excluding hydrogens is 649 g/mol. The number of anilines is 3. The molecule has 0 amide bonds. The van der Waals surface area contributed by atoms with Crippen LogP contribution >= 0.6 is 0 Å². The van der Waals surface area contributed by atoms with E-state index in [1.165, 1.54) is 43.2 Å². The van der Waals surface area contributed by atoms with Crippen molar-refractivity contribution in [1.29, 1.82) is 0 Å². The van der Waals surface area contributed by atoms with E-state index in [0.717, 1.165) is 16.8 Å². The van der Waals surface area contributed by atoms with E-state index in [9.17, 15) is 0 Å². The van der Waals surface area contributed by atoms with Gasteiger partial charge in [-0.1, -0.05) is 92.9 Å². The van der Waals surface area contributed by atoms with Gasteiger partial charge in [-0.3, -0.25) is 4.98 Å². The zero-order chi connectivity index (χ0) is 23.9. The summed E-state index contributed by atoms with van der Waals surface area (Å²) in [7, 11) is -3.95. The van der Waals surface area contributed by atoms with E-state index in [1.807, 2.05) is 0 Å². The second-order valence-corrected chi connectivity index (χ2v) is 19.4. The molecule has 0 bridgehead atoms. The summed E-state index contributed by atoms with van der Waals surface area (Å²) in [4.78, 5) is 7.62. The van der Waals surface area contributed by atoms with Gasteiger partial charge in [0.1, 0.15) is 0 Å². The van der Waals surface area contributed by atoms with Crippen molar-refractivity contribution < 1.29 is 20.1 Å². The van der Waals surface area contributed by atoms with E-state index >= 15 is 0 Å². The maximum atomic E-state index is 5.08. The quantitative estimate of drug-likeness (QED) is 0.174. The average Bonchev–Trinajstić information content (AvgIpc) is 2.88. The summed E-state index contributed by atoms with van der Waals surface area (Å²) in [5.74, 6) is 0. The molecule has 0 N–H and O–H groups in total. The van der Waals surface area contributed by atoms with Gasteiger partial charge in [-0.25, -0.2) is 0 Å². The standard InChI is InChI=1S/C31H27N2Si2.Ir/c1-34(2)27-15-9-7-13-25(27)33-26-14-8-10-16-28(26)35(3,4)30-20-22(19-29(34)31(30)33)24-18-17-21-11-5-6-12-23(21)32-24;/h5-19H,1-4H3;/q-1;. The van der Waals surface area contributed by atoms with E-state index in [0.29, 0.717) is 0 Å². The van der Waals surface area contributed by atoms with Gasteiger partial charge in [0.25, 0.3) is 0 Å². The van der Waals surface area contributed by atoms with Crippen LogP contribution in [0.25, 0.3) is 22.2 Å². The number of fused-ring (bicyclic) bond motifs is 5. The minimum atomic E-state index is -1.99. The fraction of sp³-hybridized carbons (Fsp3) is 0.129. The SMILES string of the molecule is C[Si]1(C)c2[c-]c(-c3ccc4ccccc4n3)cc3c2N(c2ccccc21)c1ccccc1[Si]3(C)C.[Ir]. The van der Waals surface area contributed by atoms with Crippen LogP contribution in [0.2, 0.25) is 26.2 Å². The first-order chi connectivity index (χ1) is 16.9. The van der Waals surface area contributed by atoms with Gasteiger partial charge >= 0.3 is 0 Å². The molecule has 0 fully saturated rings. The molecule has 0 saturated carbocycles. The van der Waals surface area contributed by atoms with Crippen molar-refractivity contribution in [3.05, 3.63) is 97.1 Å². The van der Waals surface area contributed by atoms with E-state index in [-0.39, 0.29) is 20.1 Å². The first-order valence-electron chi connectivity index (χ1n) is 12.3. The summed E-state index contributed by atoms with van der Waals surface area (Å²) >= 11 is 0. The van der Waals surface area contributed by atoms with Crippen LogP contribution < -0.4 is 25.6 Å². The minimum absolute atomic E-state index is 0. The third kappa shape index (κ3) is 3.13. The van der Waals surface area contributed by atoms with Gasteiger partial charge in [-0.05, 0) is 45.3 Å². The molecule has 5 aromatic rings. The molecular formula is C31H27IrN2Si2-. The van der Waals surface area contributed by atoms with Crippen molar-refractivity contribution in [3.8, 4) is 11.3 Å². The Bertz CT molecular complexity index is 1590. The van der Waals surface area contributed by atoms with E-state index in [1.54, 1.807) is 0 Å². The van der Waals surface area contributed by atoms with Crippen LogP contribution in [-0.2, 0) is 20.1 Å². The number of hydrogen-bond acceptors (Lipinski definition) is 2. The second-order valence-electron chi connectivity index (χ2n) is 10.8. The molecule has 2 nitrogen and oxygen atoms in total. The van der Waals surface area contributed by atoms with E-state index in [4.69, 9.17) is 4.98 Å². The number of nitrogens with zero attached hydrogens (tertiary/aromatic N) is 2. The van der Waals surface area contributed by atoms with Gasteiger partial charge in [-0.2, -0.15) is 0 Å². The average molecular weight is 676 g/mol. The third-order valence-electron chi connectivity index (χ3n) is 8.07. The van der Waals surface area contributed by atoms with Crippen molar-refractivity contribution >= 4 is 64.9 Å². The molecule has 0 saturated heterocycles. The Morgan fingerprint density at radius 3 is 2.00 bits per heavy atom. The summed E-state index contributed by atoms with van der Waals surface area (Å²) in [6.45, 7) is 9.99. The number of hydrogen-bond donors (Lipinski definition) is 0. The van der Waals surface area contributed by atoms with Gasteiger partial charge in [-0.15, -0.1) is 28.1 Å². The molecule has 0 aliphatic carbocycles. The second kappa shape index (κ2) is 8.09. The fourth-order valence-corrected chi connectivity index (χ4v) is 12.1. The van der Waals surface area contributed by atoms with Crippen LogP contribution in [0.3, 0.4) is 0 Å². The number of aromatic nitrogens is 1. The predicted molar refractivity (Wildman–Crippen MR) is 154 cm³/mol. The Morgan fingerprint density at radius 1 is 0.667 bits per heavy atom. The van der Waals surface area contributed by atoms with Crippen molar-refractivity contribution in [2.75, 3.05) is 4.90 Å². The Hall–Kier alpha value is -2.83. The largest absolute Gasteiger partial charge is 0.352 e. The Labute approximate surface area is 228 Å². The minimum Gasteiger partial charge on any atom is -0.352 e. The number of benzene rings is 4. The zero-order valence-corrected chi connectivity index (χ0v) is 25.3. The summed E-state index contributed by atoms with van der Waals surface area (Å²) in [5.41, 5.74) is 7.28. The smallest absolute Gasteiger partial charge is 0.0975 e. The summed E-state index contributed by atoms with van der Waals surface area (Å²) < 4.78 is 0. The number of rotatable bonds is 1. The van der Waals surface area contributed by atoms with E-state index in [2.05, 4.69) is 128 Å². The molecule has 2 aliphatic heterocycles. The fourth-order valence-electron chi connectivity index (χ4n) is 6.14. The van der Waals surface area contributed by atoms with Gasteiger partial charge < -0.3 is 4.90 Å². The number of pyridine rings is 1. The molecule has 36 heavy (non-hydrogen) atoms. The summed E-state index contributed by atoms with van der Waals surface area (Å²) in [6.07, 6.45) is 0. The van der Waals surface area contributed by atoms with Gasteiger partial charge in [0, 0.05) is 31.5 Å². The van der Waals surface area contributed by atoms with Crippen LogP contribution in [0.1, 0.15) is 0 Å². The molecule has 5 heteroatoms. The maximum Gasteiger partial charge on any atom is 0.0975 e. The summed E-state index contributed by atoms with van der Waals surface area (Å²) in [5, 5.41) is 7.07. The Balaban J connectivity index is 0.00000240. The summed E-state index contributed by atoms with van der Waals surface area (Å²) in [6, 6.07) is 37.2. The van der Waals surface area contributed by atoms with Crippen LogP contribution in [0.4, 0.5) is 17.1 Å². The topological polar surface area (TPSA) is 16.1 Å². The Morgan fingerprint density at radius 2 is 1.28 bits per heavy atom. The van der Waals surface area contributed by atoms with Crippen molar-refractivity contribution in [2.45, 2.75) is 26.2 Å². The normalized spacial score (nSPS) is 15.9. The molecule has 1 radical (unpaired) electrons.